The summed E-state index contributed by atoms with van der Waals surface area (Å²) in [6.07, 6.45) is 1.11. The summed E-state index contributed by atoms with van der Waals surface area (Å²) in [5.41, 5.74) is 2.17. The summed E-state index contributed by atoms with van der Waals surface area (Å²) in [4.78, 5) is 9.51. The Morgan fingerprint density at radius 2 is 1.32 bits per heavy atom. The number of fused-ring (bicyclic) bond motifs is 1. The van der Waals surface area contributed by atoms with Crippen LogP contribution in [0.25, 0.3) is 22.3 Å². The minimum absolute atomic E-state index is 0.179. The zero-order chi connectivity index (χ0) is 25.9. The minimum atomic E-state index is -3.37. The molecule has 7 nitrogen and oxygen atoms in total. The first-order chi connectivity index (χ1) is 17.8. The molecule has 0 fully saturated rings. The van der Waals surface area contributed by atoms with Crippen LogP contribution >= 0.6 is 0 Å². The number of rotatable bonds is 8. The molecular weight excluding hydrogens is 484 g/mol. The smallest absolute Gasteiger partial charge is 0.229 e. The lowest BCUT2D eigenvalue weighted by Gasteiger charge is -2.30. The molecule has 186 valence electrons. The van der Waals surface area contributed by atoms with Crippen molar-refractivity contribution in [2.75, 3.05) is 22.8 Å². The molecule has 0 aliphatic carbocycles. The van der Waals surface area contributed by atoms with Crippen molar-refractivity contribution < 1.29 is 13.5 Å². The van der Waals surface area contributed by atoms with Crippen molar-refractivity contribution in [1.82, 2.24) is 9.97 Å². The third-order valence-electron chi connectivity index (χ3n) is 6.06. The Bertz CT molecular complexity index is 1590. The van der Waals surface area contributed by atoms with Crippen molar-refractivity contribution >= 4 is 32.4 Å². The van der Waals surface area contributed by atoms with Crippen molar-refractivity contribution in [3.05, 3.63) is 120 Å². The summed E-state index contributed by atoms with van der Waals surface area (Å²) >= 11 is 0. The van der Waals surface area contributed by atoms with Gasteiger partial charge in [0.2, 0.25) is 10.0 Å². The number of sulfonamides is 1. The van der Waals surface area contributed by atoms with Crippen LogP contribution in [0.15, 0.2) is 109 Å². The third-order valence-corrected chi connectivity index (χ3v) is 6.67. The van der Waals surface area contributed by atoms with Gasteiger partial charge < -0.3 is 10.4 Å². The molecule has 0 aliphatic rings. The topological polar surface area (TPSA) is 104 Å². The Labute approximate surface area is 215 Å². The van der Waals surface area contributed by atoms with Crippen molar-refractivity contribution in [1.29, 1.82) is 0 Å². The molecule has 0 amide bonds. The van der Waals surface area contributed by atoms with Gasteiger partial charge in [0.25, 0.3) is 0 Å². The van der Waals surface area contributed by atoms with E-state index in [0.29, 0.717) is 17.3 Å². The lowest BCUT2D eigenvalue weighted by Crippen LogP contribution is -2.35. The fourth-order valence-electron chi connectivity index (χ4n) is 4.25. The van der Waals surface area contributed by atoms with E-state index < -0.39 is 15.6 Å². The average Bonchev–Trinajstić information content (AvgIpc) is 2.92. The van der Waals surface area contributed by atoms with Gasteiger partial charge in [0.15, 0.2) is 5.82 Å². The van der Waals surface area contributed by atoms with Gasteiger partial charge in [0.1, 0.15) is 11.4 Å². The summed E-state index contributed by atoms with van der Waals surface area (Å²) in [7, 11) is -3.37. The van der Waals surface area contributed by atoms with Crippen LogP contribution in [0.1, 0.15) is 11.1 Å². The fraction of sp³-hybridized carbons (Fsp3) is 0.103. The van der Waals surface area contributed by atoms with E-state index >= 15 is 0 Å². The molecule has 0 saturated heterocycles. The van der Waals surface area contributed by atoms with Gasteiger partial charge >= 0.3 is 0 Å². The summed E-state index contributed by atoms with van der Waals surface area (Å²) in [5.74, 6) is 1.07. The molecule has 5 aromatic rings. The van der Waals surface area contributed by atoms with E-state index in [1.165, 1.54) is 0 Å². The molecule has 3 N–H and O–H groups in total. The predicted molar refractivity (Wildman–Crippen MR) is 148 cm³/mol. The van der Waals surface area contributed by atoms with Crippen molar-refractivity contribution in [3.63, 3.8) is 0 Å². The second kappa shape index (κ2) is 10.0. The van der Waals surface area contributed by atoms with Gasteiger partial charge in [-0.3, -0.25) is 4.72 Å². The number of nitrogens with one attached hydrogen (secondary N) is 2. The normalized spacial score (nSPS) is 11.8. The first-order valence-corrected chi connectivity index (χ1v) is 13.6. The Morgan fingerprint density at radius 1 is 0.757 bits per heavy atom. The third kappa shape index (κ3) is 5.45. The first kappa shape index (κ1) is 24.4. The largest absolute Gasteiger partial charge is 0.379 e. The van der Waals surface area contributed by atoms with Crippen LogP contribution in [-0.4, -0.2) is 36.3 Å². The molecule has 1 heterocycles. The predicted octanol–water partition coefficient (Wildman–Crippen LogP) is 5.02. The molecule has 1 aromatic heterocycles. The van der Waals surface area contributed by atoms with Crippen molar-refractivity contribution in [3.8, 4) is 11.4 Å². The number of para-hydroxylation sites is 1. The number of hydrogen-bond acceptors (Lipinski definition) is 6. The maximum Gasteiger partial charge on any atom is 0.229 e. The van der Waals surface area contributed by atoms with E-state index in [-0.39, 0.29) is 6.54 Å². The number of hydrogen-bond donors (Lipinski definition) is 3. The second-order valence-corrected chi connectivity index (χ2v) is 10.6. The molecule has 0 spiro atoms. The Morgan fingerprint density at radius 3 is 1.92 bits per heavy atom. The Hall–Kier alpha value is -4.27. The Balaban J connectivity index is 1.52. The molecular formula is C29H26N4O3S. The number of aliphatic hydroxyl groups is 1. The van der Waals surface area contributed by atoms with E-state index in [4.69, 9.17) is 9.97 Å². The molecule has 0 saturated carbocycles. The molecule has 0 radical (unpaired) electrons. The van der Waals surface area contributed by atoms with Crippen LogP contribution in [0.2, 0.25) is 0 Å². The van der Waals surface area contributed by atoms with Gasteiger partial charge in [-0.25, -0.2) is 18.4 Å². The molecule has 4 aromatic carbocycles. The first-order valence-electron chi connectivity index (χ1n) is 11.7. The van der Waals surface area contributed by atoms with E-state index in [0.717, 1.165) is 33.8 Å². The van der Waals surface area contributed by atoms with Crippen LogP contribution in [0.4, 0.5) is 11.5 Å². The minimum Gasteiger partial charge on any atom is -0.379 e. The van der Waals surface area contributed by atoms with Crippen LogP contribution in [-0.2, 0) is 15.6 Å². The number of anilines is 2. The lowest BCUT2D eigenvalue weighted by atomic mass is 9.86. The van der Waals surface area contributed by atoms with Crippen molar-refractivity contribution in [2.24, 2.45) is 0 Å². The molecule has 5 rings (SSSR count). The highest BCUT2D eigenvalue weighted by molar-refractivity contribution is 7.92. The SMILES string of the molecule is CS(=O)(=O)Nc1ccc(-c2nc(NCC(O)(c3ccccc3)c3ccccc3)c3ccccc3n2)cc1. The van der Waals surface area contributed by atoms with Gasteiger partial charge in [0, 0.05) is 16.6 Å². The van der Waals surface area contributed by atoms with Crippen LogP contribution in [0, 0.1) is 0 Å². The maximum absolute atomic E-state index is 11.9. The van der Waals surface area contributed by atoms with Gasteiger partial charge in [-0.15, -0.1) is 0 Å². The zero-order valence-corrected chi connectivity index (χ0v) is 21.0. The molecule has 0 atom stereocenters. The maximum atomic E-state index is 11.9. The highest BCUT2D eigenvalue weighted by atomic mass is 32.2. The number of aromatic nitrogens is 2. The monoisotopic (exact) mass is 510 g/mol. The van der Waals surface area contributed by atoms with E-state index in [9.17, 15) is 13.5 Å². The van der Waals surface area contributed by atoms with Gasteiger partial charge in [-0.05, 0) is 47.5 Å². The van der Waals surface area contributed by atoms with Gasteiger partial charge in [0.05, 0.1) is 18.3 Å². The molecule has 0 unspecified atom stereocenters. The Kier molecular flexibility index (Phi) is 6.60. The van der Waals surface area contributed by atoms with Gasteiger partial charge in [-0.2, -0.15) is 0 Å². The van der Waals surface area contributed by atoms with Crippen LogP contribution < -0.4 is 10.0 Å². The number of nitrogens with zero attached hydrogens (tertiary/aromatic N) is 2. The lowest BCUT2D eigenvalue weighted by molar-refractivity contribution is 0.0949. The highest BCUT2D eigenvalue weighted by Crippen LogP contribution is 2.32. The van der Waals surface area contributed by atoms with E-state index in [1.54, 1.807) is 24.3 Å². The quantitative estimate of drug-likeness (QED) is 0.271. The van der Waals surface area contributed by atoms with Crippen molar-refractivity contribution in [2.45, 2.75) is 5.60 Å². The summed E-state index contributed by atoms with van der Waals surface area (Å²) in [5, 5.41) is 16.1. The van der Waals surface area contributed by atoms with E-state index in [1.807, 2.05) is 84.9 Å². The molecule has 0 aliphatic heterocycles. The summed E-state index contributed by atoms with van der Waals surface area (Å²) in [6.45, 7) is 0.179. The molecule has 8 heteroatoms. The van der Waals surface area contributed by atoms with E-state index in [2.05, 4.69) is 10.0 Å². The van der Waals surface area contributed by atoms with Crippen LogP contribution in [0.3, 0.4) is 0 Å². The summed E-state index contributed by atoms with van der Waals surface area (Å²) < 4.78 is 25.5. The van der Waals surface area contributed by atoms with Crippen LogP contribution in [0.5, 0.6) is 0 Å². The van der Waals surface area contributed by atoms with Gasteiger partial charge in [-0.1, -0.05) is 72.8 Å². The zero-order valence-electron chi connectivity index (χ0n) is 20.2. The number of benzene rings is 4. The average molecular weight is 511 g/mol. The standard InChI is InChI=1S/C29H26N4O3S/c1-37(35,36)33-24-18-16-21(17-19-24)27-31-26-15-9-8-14-25(26)28(32-27)30-20-29(34,22-10-4-2-5-11-22)23-12-6-3-7-13-23/h2-19,33-34H,20H2,1H3,(H,30,31,32). The summed E-state index contributed by atoms with van der Waals surface area (Å²) in [6, 6.07) is 33.6. The molecule has 37 heavy (non-hydrogen) atoms. The second-order valence-electron chi connectivity index (χ2n) is 8.81. The highest BCUT2D eigenvalue weighted by Gasteiger charge is 2.31. The fourth-order valence-corrected chi connectivity index (χ4v) is 4.82. The molecule has 0 bridgehead atoms.